The van der Waals surface area contributed by atoms with E-state index in [-0.39, 0.29) is 22.1 Å². The molecule has 0 saturated carbocycles. The van der Waals surface area contributed by atoms with Gasteiger partial charge in [-0.3, -0.25) is 4.79 Å². The molecule has 3 N–H and O–H groups in total. The number of aromatic carboxylic acids is 1. The highest BCUT2D eigenvalue weighted by Crippen LogP contribution is 2.46. The van der Waals surface area contributed by atoms with Crippen molar-refractivity contribution < 1.29 is 24.6 Å². The molecule has 7 nitrogen and oxygen atoms in total. The Balaban J connectivity index is 1.95. The lowest BCUT2D eigenvalue weighted by Crippen LogP contribution is -2.34. The van der Waals surface area contributed by atoms with E-state index in [2.05, 4.69) is 51.2 Å². The number of carboxylic acids is 1. The van der Waals surface area contributed by atoms with Crippen LogP contribution in [0.4, 0.5) is 5.69 Å². The number of benzene rings is 2. The maximum atomic E-state index is 13.3. The Morgan fingerprint density at radius 3 is 2.19 bits per heavy atom. The highest BCUT2D eigenvalue weighted by atomic mass is 16.7. The lowest BCUT2D eigenvalue weighted by atomic mass is 9.63. The van der Waals surface area contributed by atoms with E-state index >= 15 is 0 Å². The number of nitrogens with one attached hydrogen (secondary N) is 1. The molecule has 1 aliphatic carbocycles. The number of aliphatic hydroxyl groups excluding tert-OH is 1. The molecule has 0 bridgehead atoms. The third-order valence-electron chi connectivity index (χ3n) is 7.05. The Labute approximate surface area is 213 Å². The summed E-state index contributed by atoms with van der Waals surface area (Å²) in [4.78, 5) is 29.8. The van der Waals surface area contributed by atoms with Crippen LogP contribution in [0.25, 0.3) is 0 Å². The van der Waals surface area contributed by atoms with Gasteiger partial charge >= 0.3 is 5.97 Å². The number of amides is 1. The van der Waals surface area contributed by atoms with Crippen molar-refractivity contribution in [3.8, 4) is 0 Å². The molecule has 0 spiro atoms. The van der Waals surface area contributed by atoms with Crippen molar-refractivity contribution in [2.75, 3.05) is 5.32 Å². The molecule has 0 aromatic heterocycles. The fraction of sp³-hybridized carbons (Fsp3) is 0.483. The molecule has 0 fully saturated rings. The van der Waals surface area contributed by atoms with Crippen LogP contribution in [0, 0.1) is 0 Å². The smallest absolute Gasteiger partial charge is 0.335 e. The van der Waals surface area contributed by atoms with Gasteiger partial charge in [0.05, 0.1) is 5.56 Å². The fourth-order valence-corrected chi connectivity index (χ4v) is 4.58. The van der Waals surface area contributed by atoms with Gasteiger partial charge in [0.15, 0.2) is 5.71 Å². The lowest BCUT2D eigenvalue weighted by Gasteiger charge is -2.42. The molecule has 2 aromatic carbocycles. The first-order valence-electron chi connectivity index (χ1n) is 12.7. The molecule has 1 amide bonds. The third kappa shape index (κ3) is 6.52. The topological polar surface area (TPSA) is 108 Å². The van der Waals surface area contributed by atoms with Gasteiger partial charge in [-0.1, -0.05) is 64.7 Å². The van der Waals surface area contributed by atoms with E-state index in [0.29, 0.717) is 17.7 Å². The van der Waals surface area contributed by atoms with E-state index in [9.17, 15) is 14.7 Å². The van der Waals surface area contributed by atoms with Gasteiger partial charge in [0.25, 0.3) is 5.91 Å². The summed E-state index contributed by atoms with van der Waals surface area (Å²) in [7, 11) is 0. The molecule has 0 heterocycles. The zero-order valence-electron chi connectivity index (χ0n) is 21.9. The zero-order chi connectivity index (χ0) is 26.5. The maximum absolute atomic E-state index is 13.3. The van der Waals surface area contributed by atoms with Gasteiger partial charge < -0.3 is 20.4 Å². The van der Waals surface area contributed by atoms with E-state index in [1.165, 1.54) is 35.4 Å². The predicted molar refractivity (Wildman–Crippen MR) is 142 cm³/mol. The zero-order valence-corrected chi connectivity index (χ0v) is 21.9. The normalized spacial score (nSPS) is 17.1. The number of hydrogen-bond acceptors (Lipinski definition) is 5. The van der Waals surface area contributed by atoms with E-state index < -0.39 is 18.2 Å². The molecule has 7 heteroatoms. The summed E-state index contributed by atoms with van der Waals surface area (Å²) in [5.74, 6) is -1.55. The SMILES string of the molecule is CCCCCC(O)ON=C(C(=O)Nc1ccc(C(=O)O)cc1)c1ccc2c(c1)C(C)(C)CCC2(C)C. The molecule has 0 radical (unpaired) electrons. The summed E-state index contributed by atoms with van der Waals surface area (Å²) in [6.07, 6.45) is 4.21. The molecule has 36 heavy (non-hydrogen) atoms. The average molecular weight is 495 g/mol. The van der Waals surface area contributed by atoms with Crippen molar-refractivity contribution in [2.24, 2.45) is 5.16 Å². The molecular formula is C29H38N2O5. The van der Waals surface area contributed by atoms with Crippen molar-refractivity contribution in [1.29, 1.82) is 0 Å². The fourth-order valence-electron chi connectivity index (χ4n) is 4.58. The molecule has 1 atom stereocenters. The Morgan fingerprint density at radius 1 is 0.972 bits per heavy atom. The minimum Gasteiger partial charge on any atom is -0.478 e. The predicted octanol–water partition coefficient (Wildman–Crippen LogP) is 5.99. The van der Waals surface area contributed by atoms with Gasteiger partial charge in [-0.25, -0.2) is 4.79 Å². The van der Waals surface area contributed by atoms with Gasteiger partial charge in [0.2, 0.25) is 6.29 Å². The number of rotatable bonds is 10. The molecule has 0 saturated heterocycles. The molecule has 194 valence electrons. The van der Waals surface area contributed by atoms with Crippen molar-refractivity contribution in [2.45, 2.75) is 90.3 Å². The lowest BCUT2D eigenvalue weighted by molar-refractivity contribution is -0.113. The van der Waals surface area contributed by atoms with Crippen LogP contribution >= 0.6 is 0 Å². The van der Waals surface area contributed by atoms with Crippen LogP contribution in [0.5, 0.6) is 0 Å². The molecule has 3 rings (SSSR count). The minimum atomic E-state index is -1.11. The number of unbranched alkanes of at least 4 members (excludes halogenated alkanes) is 2. The van der Waals surface area contributed by atoms with Crippen LogP contribution < -0.4 is 5.32 Å². The second-order valence-corrected chi connectivity index (χ2v) is 10.9. The van der Waals surface area contributed by atoms with Crippen molar-refractivity contribution in [3.05, 3.63) is 64.7 Å². The summed E-state index contributed by atoms with van der Waals surface area (Å²) in [5, 5.41) is 26.3. The van der Waals surface area contributed by atoms with Crippen molar-refractivity contribution in [3.63, 3.8) is 0 Å². The number of carbonyl (C=O) groups excluding carboxylic acids is 1. The summed E-state index contributed by atoms with van der Waals surface area (Å²) < 4.78 is 0. The highest BCUT2D eigenvalue weighted by molar-refractivity contribution is 6.48. The number of carboxylic acid groups (broad SMARTS) is 1. The first kappa shape index (κ1) is 27.4. The summed E-state index contributed by atoms with van der Waals surface area (Å²) >= 11 is 0. The Hall–Kier alpha value is -3.19. The number of carbonyl (C=O) groups is 2. The van der Waals surface area contributed by atoms with E-state index in [1.807, 2.05) is 12.1 Å². The van der Waals surface area contributed by atoms with Gasteiger partial charge in [-0.05, 0) is 71.6 Å². The number of oxime groups is 1. The summed E-state index contributed by atoms with van der Waals surface area (Å²) in [6, 6.07) is 11.8. The largest absolute Gasteiger partial charge is 0.478 e. The molecule has 2 aromatic rings. The van der Waals surface area contributed by atoms with E-state index in [4.69, 9.17) is 9.94 Å². The van der Waals surface area contributed by atoms with Gasteiger partial charge in [0.1, 0.15) is 0 Å². The first-order valence-corrected chi connectivity index (χ1v) is 12.7. The summed E-state index contributed by atoms with van der Waals surface area (Å²) in [5.41, 5.74) is 3.60. The van der Waals surface area contributed by atoms with E-state index in [1.54, 1.807) is 0 Å². The molecule has 1 aliphatic rings. The second kappa shape index (κ2) is 11.2. The maximum Gasteiger partial charge on any atom is 0.335 e. The number of nitrogens with zero attached hydrogens (tertiary/aromatic N) is 1. The monoisotopic (exact) mass is 494 g/mol. The van der Waals surface area contributed by atoms with Gasteiger partial charge in [0, 0.05) is 17.7 Å². The molecule has 1 unspecified atom stereocenters. The third-order valence-corrected chi connectivity index (χ3v) is 7.05. The number of hydrogen-bond donors (Lipinski definition) is 3. The summed E-state index contributed by atoms with van der Waals surface area (Å²) in [6.45, 7) is 11.0. The van der Waals surface area contributed by atoms with Crippen LogP contribution in [0.2, 0.25) is 0 Å². The number of anilines is 1. The standard InChI is InChI=1S/C29H38N2O5/c1-6-7-8-9-24(32)36-31-25(26(33)30-21-13-10-19(11-14-21)27(34)35)20-12-15-22-23(18-20)29(4,5)17-16-28(22,2)3/h10-15,18,24,32H,6-9,16-17H2,1-5H3,(H,30,33)(H,34,35). The van der Waals surface area contributed by atoms with Crippen molar-refractivity contribution in [1.82, 2.24) is 0 Å². The molecule has 0 aliphatic heterocycles. The first-order chi connectivity index (χ1) is 16.9. The van der Waals surface area contributed by atoms with Crippen LogP contribution in [0.3, 0.4) is 0 Å². The quantitative estimate of drug-likeness (QED) is 0.163. The van der Waals surface area contributed by atoms with Crippen LogP contribution in [-0.4, -0.2) is 34.1 Å². The van der Waals surface area contributed by atoms with Crippen LogP contribution in [0.15, 0.2) is 47.6 Å². The highest BCUT2D eigenvalue weighted by Gasteiger charge is 2.37. The molecular weight excluding hydrogens is 456 g/mol. The van der Waals surface area contributed by atoms with E-state index in [0.717, 1.165) is 32.1 Å². The average Bonchev–Trinajstić information content (AvgIpc) is 2.83. The number of fused-ring (bicyclic) bond motifs is 1. The van der Waals surface area contributed by atoms with Crippen molar-refractivity contribution >= 4 is 23.3 Å². The van der Waals surface area contributed by atoms with Gasteiger partial charge in [-0.15, -0.1) is 0 Å². The van der Waals surface area contributed by atoms with Crippen LogP contribution in [0.1, 0.15) is 100 Å². The number of aliphatic hydroxyl groups is 1. The van der Waals surface area contributed by atoms with Crippen LogP contribution in [-0.2, 0) is 20.5 Å². The van der Waals surface area contributed by atoms with Gasteiger partial charge in [-0.2, -0.15) is 0 Å². The minimum absolute atomic E-state index is 0.0286. The Bertz CT molecular complexity index is 1120. The second-order valence-electron chi connectivity index (χ2n) is 10.9. The Morgan fingerprint density at radius 2 is 1.58 bits per heavy atom. The Kier molecular flexibility index (Phi) is 8.56.